The van der Waals surface area contributed by atoms with Crippen molar-refractivity contribution in [2.45, 2.75) is 32.2 Å². The van der Waals surface area contributed by atoms with Gasteiger partial charge in [0.15, 0.2) is 0 Å². The molecule has 0 aromatic heterocycles. The lowest BCUT2D eigenvalue weighted by atomic mass is 9.78. The third kappa shape index (κ3) is 3.90. The van der Waals surface area contributed by atoms with E-state index in [1.54, 1.807) is 0 Å². The first-order valence-corrected chi connectivity index (χ1v) is 10.3. The number of amides is 1. The summed E-state index contributed by atoms with van der Waals surface area (Å²) in [6.07, 6.45) is 3.22. The van der Waals surface area contributed by atoms with Gasteiger partial charge in [-0.05, 0) is 29.2 Å². The van der Waals surface area contributed by atoms with Crippen LogP contribution in [0, 0.1) is 11.8 Å². The van der Waals surface area contributed by atoms with Crippen molar-refractivity contribution < 1.29 is 14.7 Å². The van der Waals surface area contributed by atoms with E-state index < -0.39 is 11.9 Å². The monoisotopic (exact) mass is 380 g/mol. The molecule has 2 aromatic carbocycles. The molecule has 1 saturated heterocycles. The highest BCUT2D eigenvalue weighted by Crippen LogP contribution is 2.32. The smallest absolute Gasteiger partial charge is 0.307 e. The van der Waals surface area contributed by atoms with E-state index in [0.717, 1.165) is 32.5 Å². The predicted molar refractivity (Wildman–Crippen MR) is 109 cm³/mol. The topological polar surface area (TPSA) is 60.9 Å². The minimum absolute atomic E-state index is 0.0527. The van der Waals surface area contributed by atoms with Gasteiger partial charge in [0, 0.05) is 32.7 Å². The number of nitrogens with zero attached hydrogens (tertiary/aromatic N) is 2. The van der Waals surface area contributed by atoms with Crippen molar-refractivity contribution in [1.82, 2.24) is 9.80 Å². The molecule has 2 aromatic rings. The van der Waals surface area contributed by atoms with E-state index in [2.05, 4.69) is 47.4 Å². The molecular weight excluding hydrogens is 352 g/mol. The summed E-state index contributed by atoms with van der Waals surface area (Å²) in [5, 5.41) is 12.0. The van der Waals surface area contributed by atoms with E-state index >= 15 is 0 Å². The van der Waals surface area contributed by atoms with Gasteiger partial charge in [-0.2, -0.15) is 0 Å². The molecule has 5 heteroatoms. The molecule has 0 bridgehead atoms. The summed E-state index contributed by atoms with van der Waals surface area (Å²) in [6.45, 7) is 3.92. The average Bonchev–Trinajstić information content (AvgIpc) is 2.74. The molecule has 5 nitrogen and oxygen atoms in total. The first kappa shape index (κ1) is 18.9. The fourth-order valence-electron chi connectivity index (χ4n) is 4.75. The van der Waals surface area contributed by atoms with E-state index in [0.29, 0.717) is 25.9 Å². The Balaban J connectivity index is 1.38. The molecule has 2 aliphatic rings. The van der Waals surface area contributed by atoms with Crippen molar-refractivity contribution in [2.24, 2.45) is 11.8 Å². The zero-order valence-corrected chi connectivity index (χ0v) is 16.2. The second-order valence-electron chi connectivity index (χ2n) is 8.08. The summed E-state index contributed by atoms with van der Waals surface area (Å²) in [4.78, 5) is 28.8. The zero-order valence-electron chi connectivity index (χ0n) is 16.2. The molecule has 0 unspecified atom stereocenters. The number of carbonyl (C=O) groups excluding carboxylic acids is 1. The molecule has 1 aliphatic heterocycles. The van der Waals surface area contributed by atoms with E-state index in [4.69, 9.17) is 0 Å². The predicted octanol–water partition coefficient (Wildman–Crippen LogP) is 3.38. The quantitative estimate of drug-likeness (QED) is 0.883. The van der Waals surface area contributed by atoms with Gasteiger partial charge >= 0.3 is 5.97 Å². The van der Waals surface area contributed by atoms with Gasteiger partial charge in [0.1, 0.15) is 0 Å². The molecular formula is C23H28N2O3. The van der Waals surface area contributed by atoms with E-state index in [1.807, 2.05) is 4.90 Å². The fraction of sp³-hybridized carbons (Fsp3) is 0.478. The average molecular weight is 380 g/mol. The van der Waals surface area contributed by atoms with Gasteiger partial charge in [0.2, 0.25) is 5.91 Å². The highest BCUT2D eigenvalue weighted by molar-refractivity contribution is 5.86. The highest BCUT2D eigenvalue weighted by atomic mass is 16.4. The molecule has 0 radical (unpaired) electrons. The summed E-state index contributed by atoms with van der Waals surface area (Å²) < 4.78 is 0. The van der Waals surface area contributed by atoms with Gasteiger partial charge in [0.05, 0.1) is 11.8 Å². The number of rotatable bonds is 4. The maximum Gasteiger partial charge on any atom is 0.307 e. The number of fused-ring (bicyclic) bond motifs is 1. The van der Waals surface area contributed by atoms with Crippen LogP contribution in [0.15, 0.2) is 42.5 Å². The Morgan fingerprint density at radius 3 is 2.32 bits per heavy atom. The van der Waals surface area contributed by atoms with Gasteiger partial charge < -0.3 is 10.0 Å². The van der Waals surface area contributed by atoms with Crippen molar-refractivity contribution in [3.05, 3.63) is 48.0 Å². The Kier molecular flexibility index (Phi) is 5.62. The Morgan fingerprint density at radius 2 is 1.57 bits per heavy atom. The third-order valence-electron chi connectivity index (χ3n) is 6.36. The van der Waals surface area contributed by atoms with Gasteiger partial charge in [0.25, 0.3) is 0 Å². The molecule has 1 amide bonds. The molecule has 1 saturated carbocycles. The van der Waals surface area contributed by atoms with E-state index in [1.165, 1.54) is 16.3 Å². The molecule has 2 fully saturated rings. The summed E-state index contributed by atoms with van der Waals surface area (Å²) in [5.41, 5.74) is 1.32. The summed E-state index contributed by atoms with van der Waals surface area (Å²) in [7, 11) is 0. The molecule has 1 aliphatic carbocycles. The van der Waals surface area contributed by atoms with Crippen LogP contribution in [0.25, 0.3) is 10.8 Å². The summed E-state index contributed by atoms with van der Waals surface area (Å²) >= 11 is 0. The lowest BCUT2D eigenvalue weighted by molar-refractivity contribution is -0.153. The summed E-state index contributed by atoms with van der Waals surface area (Å²) in [5.74, 6) is -1.60. The molecule has 2 atom stereocenters. The zero-order chi connectivity index (χ0) is 19.5. The molecule has 28 heavy (non-hydrogen) atoms. The number of hydrogen-bond acceptors (Lipinski definition) is 3. The van der Waals surface area contributed by atoms with Crippen LogP contribution in [-0.4, -0.2) is 53.0 Å². The Morgan fingerprint density at radius 1 is 0.893 bits per heavy atom. The first-order chi connectivity index (χ1) is 13.6. The van der Waals surface area contributed by atoms with Gasteiger partial charge in [-0.25, -0.2) is 0 Å². The molecule has 0 spiro atoms. The number of carboxylic acid groups (broad SMARTS) is 1. The van der Waals surface area contributed by atoms with Gasteiger partial charge in [-0.1, -0.05) is 55.3 Å². The van der Waals surface area contributed by atoms with E-state index in [9.17, 15) is 14.7 Å². The Hall–Kier alpha value is -2.40. The highest BCUT2D eigenvalue weighted by Gasteiger charge is 2.38. The molecule has 1 heterocycles. The maximum absolute atomic E-state index is 13.0. The van der Waals surface area contributed by atoms with Gasteiger partial charge in [-0.15, -0.1) is 0 Å². The molecule has 1 N–H and O–H groups in total. The Bertz CT molecular complexity index is 853. The number of carboxylic acids is 1. The SMILES string of the molecule is O=C(O)[C@H]1CCCC[C@H]1C(=O)N1CCN(Cc2cccc3ccccc23)CC1. The van der Waals surface area contributed by atoms with Crippen LogP contribution in [0.3, 0.4) is 0 Å². The van der Waals surface area contributed by atoms with Gasteiger partial charge in [-0.3, -0.25) is 14.5 Å². The number of hydrogen-bond donors (Lipinski definition) is 1. The first-order valence-electron chi connectivity index (χ1n) is 10.3. The second kappa shape index (κ2) is 8.31. The number of piperazine rings is 1. The normalized spacial score (nSPS) is 23.6. The largest absolute Gasteiger partial charge is 0.481 e. The van der Waals surface area contributed by atoms with Crippen molar-refractivity contribution in [1.29, 1.82) is 0 Å². The molecule has 148 valence electrons. The van der Waals surface area contributed by atoms with Crippen LogP contribution < -0.4 is 0 Å². The molecule has 4 rings (SSSR count). The maximum atomic E-state index is 13.0. The lowest BCUT2D eigenvalue weighted by Gasteiger charge is -2.38. The number of carbonyl (C=O) groups is 2. The number of benzene rings is 2. The summed E-state index contributed by atoms with van der Waals surface area (Å²) in [6, 6.07) is 14.9. The van der Waals surface area contributed by atoms with Crippen LogP contribution >= 0.6 is 0 Å². The minimum atomic E-state index is -0.812. The second-order valence-corrected chi connectivity index (χ2v) is 8.08. The van der Waals surface area contributed by atoms with Crippen molar-refractivity contribution >= 4 is 22.6 Å². The van der Waals surface area contributed by atoms with Crippen molar-refractivity contribution in [2.75, 3.05) is 26.2 Å². The number of aliphatic carboxylic acids is 1. The van der Waals surface area contributed by atoms with Crippen LogP contribution in [0.1, 0.15) is 31.2 Å². The van der Waals surface area contributed by atoms with Crippen LogP contribution in [-0.2, 0) is 16.1 Å². The van der Waals surface area contributed by atoms with Crippen LogP contribution in [0.4, 0.5) is 0 Å². The van der Waals surface area contributed by atoms with Crippen molar-refractivity contribution in [3.63, 3.8) is 0 Å². The Labute approximate surface area is 165 Å². The van der Waals surface area contributed by atoms with Crippen molar-refractivity contribution in [3.8, 4) is 0 Å². The van der Waals surface area contributed by atoms with Crippen LogP contribution in [0.2, 0.25) is 0 Å². The standard InChI is InChI=1S/C23H28N2O3/c26-22(20-10-3-4-11-21(20)23(27)28)25-14-12-24(13-15-25)16-18-8-5-7-17-6-1-2-9-19(17)18/h1-2,5-9,20-21H,3-4,10-16H2,(H,27,28)/t20-,21+/m1/s1. The fourth-order valence-corrected chi connectivity index (χ4v) is 4.75. The lowest BCUT2D eigenvalue weighted by Crippen LogP contribution is -2.51. The van der Waals surface area contributed by atoms with E-state index in [-0.39, 0.29) is 11.8 Å². The van der Waals surface area contributed by atoms with Crippen LogP contribution in [0.5, 0.6) is 0 Å². The third-order valence-corrected chi connectivity index (χ3v) is 6.36. The minimum Gasteiger partial charge on any atom is -0.481 e.